The average Bonchev–Trinajstić information content (AvgIpc) is 2.64. The molecule has 0 amide bonds. The van der Waals surface area contributed by atoms with E-state index in [4.69, 9.17) is 23.2 Å². The van der Waals surface area contributed by atoms with E-state index in [2.05, 4.69) is 10.2 Å². The molecule has 0 saturated carbocycles. The summed E-state index contributed by atoms with van der Waals surface area (Å²) >= 11 is 7.44. The van der Waals surface area contributed by atoms with E-state index < -0.39 is 0 Å². The quantitative estimate of drug-likeness (QED) is 0.657. The van der Waals surface area contributed by atoms with Crippen molar-refractivity contribution in [2.75, 3.05) is 11.6 Å². The number of nitrogens with zero attached hydrogens (tertiary/aromatic N) is 3. The van der Waals surface area contributed by atoms with Crippen molar-refractivity contribution in [3.8, 4) is 0 Å². The van der Waals surface area contributed by atoms with Crippen molar-refractivity contribution in [3.05, 3.63) is 29.0 Å². The first-order valence-electron chi connectivity index (χ1n) is 5.04. The van der Waals surface area contributed by atoms with E-state index in [-0.39, 0.29) is 0 Å². The molecule has 0 atom stereocenters. The van der Waals surface area contributed by atoms with Crippen LogP contribution in [-0.2, 0) is 6.42 Å². The monoisotopic (exact) mass is 269 g/mol. The van der Waals surface area contributed by atoms with Crippen molar-refractivity contribution in [3.63, 3.8) is 0 Å². The van der Waals surface area contributed by atoms with Crippen LogP contribution < -0.4 is 11.6 Å². The molecule has 2 rings (SSSR count). The van der Waals surface area contributed by atoms with E-state index in [1.807, 2.05) is 13.0 Å². The van der Waals surface area contributed by atoms with Gasteiger partial charge in [-0.15, -0.1) is 10.2 Å². The molecule has 5 nitrogen and oxygen atoms in total. The summed E-state index contributed by atoms with van der Waals surface area (Å²) in [6.45, 7) is 1.97. The Morgan fingerprint density at radius 3 is 2.76 bits per heavy atom. The van der Waals surface area contributed by atoms with E-state index in [1.54, 1.807) is 12.1 Å². The van der Waals surface area contributed by atoms with Crippen molar-refractivity contribution in [1.82, 2.24) is 14.9 Å². The minimum atomic E-state index is 0.580. The molecule has 0 saturated heterocycles. The van der Waals surface area contributed by atoms with Crippen LogP contribution in [0.15, 0.2) is 28.3 Å². The summed E-state index contributed by atoms with van der Waals surface area (Å²) in [5.41, 5.74) is 6.25. The highest BCUT2D eigenvalue weighted by Gasteiger charge is 2.11. The highest BCUT2D eigenvalue weighted by Crippen LogP contribution is 2.32. The molecule has 1 aromatic heterocycles. The van der Waals surface area contributed by atoms with Crippen LogP contribution >= 0.6 is 23.4 Å². The number of hydrogen-bond acceptors (Lipinski definition) is 5. The minimum absolute atomic E-state index is 0.580. The van der Waals surface area contributed by atoms with Crippen LogP contribution in [0, 0.1) is 0 Å². The highest BCUT2D eigenvalue weighted by atomic mass is 35.5. The number of aromatic nitrogens is 3. The molecule has 0 aliphatic rings. The normalized spacial score (nSPS) is 10.7. The summed E-state index contributed by atoms with van der Waals surface area (Å²) in [5.74, 6) is 6.58. The Hall–Kier alpha value is -1.40. The zero-order valence-electron chi connectivity index (χ0n) is 9.22. The van der Waals surface area contributed by atoms with Crippen LogP contribution in [0.5, 0.6) is 0 Å². The Morgan fingerprint density at radius 1 is 1.41 bits per heavy atom. The van der Waals surface area contributed by atoms with Crippen molar-refractivity contribution in [2.45, 2.75) is 23.4 Å². The first-order chi connectivity index (χ1) is 8.11. The summed E-state index contributed by atoms with van der Waals surface area (Å²) < 4.78 is 1.47. The van der Waals surface area contributed by atoms with Gasteiger partial charge in [0.15, 0.2) is 5.82 Å². The zero-order chi connectivity index (χ0) is 12.4. The van der Waals surface area contributed by atoms with Crippen LogP contribution in [-0.4, -0.2) is 14.9 Å². The van der Waals surface area contributed by atoms with E-state index in [0.29, 0.717) is 15.9 Å². The van der Waals surface area contributed by atoms with E-state index >= 15 is 0 Å². The average molecular weight is 270 g/mol. The van der Waals surface area contributed by atoms with Crippen LogP contribution in [0.2, 0.25) is 5.02 Å². The topological polar surface area (TPSA) is 82.8 Å². The number of aryl methyl sites for hydroxylation is 1. The largest absolute Gasteiger partial charge is 0.399 e. The Labute approximate surface area is 108 Å². The number of benzene rings is 1. The Morgan fingerprint density at radius 2 is 2.18 bits per heavy atom. The summed E-state index contributed by atoms with van der Waals surface area (Å²) in [7, 11) is 0. The Kier molecular flexibility index (Phi) is 3.44. The van der Waals surface area contributed by atoms with Crippen LogP contribution in [0.1, 0.15) is 12.7 Å². The van der Waals surface area contributed by atoms with E-state index in [9.17, 15) is 0 Å². The van der Waals surface area contributed by atoms with Crippen LogP contribution in [0.25, 0.3) is 0 Å². The van der Waals surface area contributed by atoms with Crippen LogP contribution in [0.4, 0.5) is 5.69 Å². The molecule has 1 heterocycles. The molecule has 0 fully saturated rings. The number of hydrogen-bond donors (Lipinski definition) is 2. The van der Waals surface area contributed by atoms with Crippen molar-refractivity contribution < 1.29 is 0 Å². The molecule has 7 heteroatoms. The minimum Gasteiger partial charge on any atom is -0.399 e. The summed E-state index contributed by atoms with van der Waals surface area (Å²) in [6.07, 6.45) is 0.736. The molecule has 0 aliphatic heterocycles. The van der Waals surface area contributed by atoms with E-state index in [1.165, 1.54) is 16.4 Å². The zero-order valence-corrected chi connectivity index (χ0v) is 10.8. The van der Waals surface area contributed by atoms with Gasteiger partial charge in [-0.3, -0.25) is 0 Å². The molecule has 0 radical (unpaired) electrons. The maximum Gasteiger partial charge on any atom is 0.214 e. The molecule has 0 bridgehead atoms. The van der Waals surface area contributed by atoms with Gasteiger partial charge >= 0.3 is 0 Å². The van der Waals surface area contributed by atoms with Gasteiger partial charge in [0.25, 0.3) is 0 Å². The first kappa shape index (κ1) is 12.1. The second-order valence-corrected chi connectivity index (χ2v) is 4.83. The third kappa shape index (κ3) is 2.48. The van der Waals surface area contributed by atoms with Gasteiger partial charge in [-0.25, -0.2) is 4.68 Å². The van der Waals surface area contributed by atoms with Crippen molar-refractivity contribution in [2.24, 2.45) is 0 Å². The number of rotatable bonds is 3. The highest BCUT2D eigenvalue weighted by molar-refractivity contribution is 7.99. The number of nitrogens with two attached hydrogens (primary N) is 2. The molecular weight excluding hydrogens is 258 g/mol. The summed E-state index contributed by atoms with van der Waals surface area (Å²) in [6, 6.07) is 5.32. The molecule has 90 valence electrons. The van der Waals surface area contributed by atoms with Gasteiger partial charge in [-0.05, 0) is 30.0 Å². The lowest BCUT2D eigenvalue weighted by Gasteiger charge is -2.04. The molecule has 0 aliphatic carbocycles. The van der Waals surface area contributed by atoms with Gasteiger partial charge in [0.05, 0.1) is 5.02 Å². The first-order valence-corrected chi connectivity index (χ1v) is 6.23. The fraction of sp³-hybridized carbons (Fsp3) is 0.200. The van der Waals surface area contributed by atoms with Gasteiger partial charge < -0.3 is 11.6 Å². The van der Waals surface area contributed by atoms with Gasteiger partial charge in [-0.2, -0.15) is 0 Å². The van der Waals surface area contributed by atoms with Crippen molar-refractivity contribution >= 4 is 29.1 Å². The maximum absolute atomic E-state index is 6.07. The lowest BCUT2D eigenvalue weighted by Crippen LogP contribution is -2.13. The van der Waals surface area contributed by atoms with E-state index in [0.717, 1.165) is 17.1 Å². The predicted octanol–water partition coefficient (Wildman–Crippen LogP) is 1.94. The molecule has 1 aromatic carbocycles. The second-order valence-electron chi connectivity index (χ2n) is 3.41. The lowest BCUT2D eigenvalue weighted by atomic mass is 10.3. The summed E-state index contributed by atoms with van der Waals surface area (Å²) in [4.78, 5) is 0.850. The third-order valence-electron chi connectivity index (χ3n) is 2.21. The van der Waals surface area contributed by atoms with Gasteiger partial charge in [0.1, 0.15) is 0 Å². The van der Waals surface area contributed by atoms with Crippen LogP contribution in [0.3, 0.4) is 0 Å². The van der Waals surface area contributed by atoms with Gasteiger partial charge in [0, 0.05) is 17.0 Å². The standard InChI is InChI=1S/C10H12ClN5S/c1-2-9-14-15-10(16(9)13)17-8-4-3-6(12)5-7(8)11/h3-5H,2,12-13H2,1H3. The third-order valence-corrected chi connectivity index (χ3v) is 3.67. The summed E-state index contributed by atoms with van der Waals surface area (Å²) in [5, 5.41) is 9.17. The maximum atomic E-state index is 6.07. The molecular formula is C10H12ClN5S. The Bertz CT molecular complexity index is 539. The molecule has 0 unspecified atom stereocenters. The Balaban J connectivity index is 2.28. The molecule has 2 aromatic rings. The SMILES string of the molecule is CCc1nnc(Sc2ccc(N)cc2Cl)n1N. The number of nitrogen functional groups attached to an aromatic ring is 2. The number of halogens is 1. The smallest absolute Gasteiger partial charge is 0.214 e. The lowest BCUT2D eigenvalue weighted by molar-refractivity contribution is 0.796. The number of anilines is 1. The van der Waals surface area contributed by atoms with Crippen molar-refractivity contribution in [1.29, 1.82) is 0 Å². The molecule has 4 N–H and O–H groups in total. The van der Waals surface area contributed by atoms with Gasteiger partial charge in [0.2, 0.25) is 5.16 Å². The fourth-order valence-corrected chi connectivity index (χ4v) is 2.40. The molecule has 17 heavy (non-hydrogen) atoms. The predicted molar refractivity (Wildman–Crippen MR) is 69.5 cm³/mol. The molecule has 0 spiro atoms. The second kappa shape index (κ2) is 4.85. The van der Waals surface area contributed by atoms with Gasteiger partial charge in [-0.1, -0.05) is 18.5 Å². The fourth-order valence-electron chi connectivity index (χ4n) is 1.32.